The minimum atomic E-state index is 0.779. The van der Waals surface area contributed by atoms with E-state index in [4.69, 9.17) is 11.6 Å². The first kappa shape index (κ1) is 8.39. The maximum absolute atomic E-state index is 5.92. The molecule has 1 N–H and O–H groups in total. The molecule has 1 heterocycles. The number of rotatable bonds is 0. The van der Waals surface area contributed by atoms with Gasteiger partial charge in [-0.15, -0.1) is 0 Å². The number of benzene rings is 1. The lowest BCUT2D eigenvalue weighted by Gasteiger charge is -2.04. The SMILES string of the molecule is CC1=CNC=Cc2ccc(Cl)cc21. The zero-order chi connectivity index (χ0) is 9.26. The molecule has 13 heavy (non-hydrogen) atoms. The molecule has 0 unspecified atom stereocenters. The summed E-state index contributed by atoms with van der Waals surface area (Å²) in [7, 11) is 0. The molecule has 0 aromatic heterocycles. The standard InChI is InChI=1S/C11H10ClN/c1-8-7-13-5-4-9-2-3-10(12)6-11(8)9/h2-7,13H,1H3. The Balaban J connectivity index is 2.63. The molecule has 1 aromatic rings. The molecule has 0 atom stereocenters. The van der Waals surface area contributed by atoms with Crippen LogP contribution in [0.5, 0.6) is 0 Å². The maximum atomic E-state index is 5.92. The summed E-state index contributed by atoms with van der Waals surface area (Å²) in [6.07, 6.45) is 5.93. The summed E-state index contributed by atoms with van der Waals surface area (Å²) in [6, 6.07) is 5.92. The van der Waals surface area contributed by atoms with Gasteiger partial charge >= 0.3 is 0 Å². The van der Waals surface area contributed by atoms with Crippen molar-refractivity contribution in [3.63, 3.8) is 0 Å². The fraction of sp³-hybridized carbons (Fsp3) is 0.0909. The van der Waals surface area contributed by atoms with Crippen LogP contribution in [-0.2, 0) is 0 Å². The molecule has 1 aliphatic heterocycles. The van der Waals surface area contributed by atoms with E-state index in [1.165, 1.54) is 16.7 Å². The summed E-state index contributed by atoms with van der Waals surface area (Å²) in [4.78, 5) is 0. The van der Waals surface area contributed by atoms with Crippen molar-refractivity contribution in [2.75, 3.05) is 0 Å². The summed E-state index contributed by atoms with van der Waals surface area (Å²) in [5.41, 5.74) is 3.58. The number of nitrogens with one attached hydrogen (secondary N) is 1. The highest BCUT2D eigenvalue weighted by Crippen LogP contribution is 2.24. The van der Waals surface area contributed by atoms with Gasteiger partial charge < -0.3 is 5.32 Å². The fourth-order valence-corrected chi connectivity index (χ4v) is 1.58. The lowest BCUT2D eigenvalue weighted by Crippen LogP contribution is -1.90. The van der Waals surface area contributed by atoms with Crippen LogP contribution in [-0.4, -0.2) is 0 Å². The van der Waals surface area contributed by atoms with E-state index >= 15 is 0 Å². The van der Waals surface area contributed by atoms with Gasteiger partial charge in [0.2, 0.25) is 0 Å². The number of halogens is 1. The van der Waals surface area contributed by atoms with Gasteiger partial charge in [0.1, 0.15) is 0 Å². The van der Waals surface area contributed by atoms with Gasteiger partial charge in [-0.3, -0.25) is 0 Å². The van der Waals surface area contributed by atoms with Gasteiger partial charge in [0.25, 0.3) is 0 Å². The molecule has 1 aromatic carbocycles. The van der Waals surface area contributed by atoms with E-state index in [1.807, 2.05) is 36.7 Å². The van der Waals surface area contributed by atoms with Gasteiger partial charge in [-0.05, 0) is 41.8 Å². The molecule has 0 fully saturated rings. The number of hydrogen-bond donors (Lipinski definition) is 1. The highest BCUT2D eigenvalue weighted by atomic mass is 35.5. The molecular formula is C11H10ClN. The molecule has 66 valence electrons. The maximum Gasteiger partial charge on any atom is 0.0412 e. The van der Waals surface area contributed by atoms with Gasteiger partial charge in [-0.25, -0.2) is 0 Å². The summed E-state index contributed by atoms with van der Waals surface area (Å²) < 4.78 is 0. The molecule has 2 heteroatoms. The Bertz CT molecular complexity index is 391. The van der Waals surface area contributed by atoms with Crippen molar-refractivity contribution in [3.05, 3.63) is 46.7 Å². The fourth-order valence-electron chi connectivity index (χ4n) is 1.40. The van der Waals surface area contributed by atoms with Crippen molar-refractivity contribution in [1.82, 2.24) is 5.32 Å². The topological polar surface area (TPSA) is 12.0 Å². The van der Waals surface area contributed by atoms with Crippen LogP contribution in [0.25, 0.3) is 11.6 Å². The second-order valence-corrected chi connectivity index (χ2v) is 3.50. The summed E-state index contributed by atoms with van der Waals surface area (Å²) in [6.45, 7) is 2.06. The number of allylic oxidation sites excluding steroid dienone is 1. The van der Waals surface area contributed by atoms with Crippen LogP contribution in [0.4, 0.5) is 0 Å². The quantitative estimate of drug-likeness (QED) is 0.664. The van der Waals surface area contributed by atoms with Crippen molar-refractivity contribution in [3.8, 4) is 0 Å². The average Bonchev–Trinajstić information content (AvgIpc) is 2.29. The van der Waals surface area contributed by atoms with Gasteiger partial charge in [0.15, 0.2) is 0 Å². The number of fused-ring (bicyclic) bond motifs is 1. The third-order valence-electron chi connectivity index (χ3n) is 2.10. The Hall–Kier alpha value is -1.21. The molecule has 0 bridgehead atoms. The minimum Gasteiger partial charge on any atom is -0.367 e. The van der Waals surface area contributed by atoms with E-state index in [2.05, 4.69) is 12.2 Å². The first-order valence-corrected chi connectivity index (χ1v) is 4.54. The molecule has 1 aliphatic rings. The highest BCUT2D eigenvalue weighted by Gasteiger charge is 2.04. The van der Waals surface area contributed by atoms with E-state index in [0.29, 0.717) is 0 Å². The van der Waals surface area contributed by atoms with Crippen molar-refractivity contribution in [2.45, 2.75) is 6.92 Å². The molecule has 2 rings (SSSR count). The van der Waals surface area contributed by atoms with E-state index in [1.54, 1.807) is 0 Å². The van der Waals surface area contributed by atoms with Gasteiger partial charge in [0.05, 0.1) is 0 Å². The Labute approximate surface area is 82.7 Å². The first-order valence-electron chi connectivity index (χ1n) is 4.17. The second-order valence-electron chi connectivity index (χ2n) is 3.06. The van der Waals surface area contributed by atoms with Crippen molar-refractivity contribution in [1.29, 1.82) is 0 Å². The Morgan fingerprint density at radius 2 is 2.15 bits per heavy atom. The Morgan fingerprint density at radius 1 is 1.31 bits per heavy atom. The second kappa shape index (κ2) is 3.27. The van der Waals surface area contributed by atoms with Gasteiger partial charge in [-0.1, -0.05) is 17.7 Å². The van der Waals surface area contributed by atoms with Crippen LogP contribution in [0.15, 0.2) is 30.6 Å². The molecule has 0 spiro atoms. The summed E-state index contributed by atoms with van der Waals surface area (Å²) in [5.74, 6) is 0. The zero-order valence-electron chi connectivity index (χ0n) is 7.34. The monoisotopic (exact) mass is 191 g/mol. The van der Waals surface area contributed by atoms with Crippen molar-refractivity contribution >= 4 is 23.3 Å². The van der Waals surface area contributed by atoms with Crippen LogP contribution in [0.1, 0.15) is 18.1 Å². The molecular weight excluding hydrogens is 182 g/mol. The highest BCUT2D eigenvalue weighted by molar-refractivity contribution is 6.30. The average molecular weight is 192 g/mol. The van der Waals surface area contributed by atoms with E-state index in [0.717, 1.165) is 5.02 Å². The van der Waals surface area contributed by atoms with Crippen LogP contribution in [0.2, 0.25) is 5.02 Å². The van der Waals surface area contributed by atoms with Gasteiger partial charge in [0, 0.05) is 17.4 Å². The largest absolute Gasteiger partial charge is 0.367 e. The van der Waals surface area contributed by atoms with E-state index < -0.39 is 0 Å². The predicted molar refractivity (Wildman–Crippen MR) is 57.3 cm³/mol. The molecule has 0 saturated carbocycles. The first-order chi connectivity index (χ1) is 6.27. The molecule has 0 aliphatic carbocycles. The van der Waals surface area contributed by atoms with E-state index in [-0.39, 0.29) is 0 Å². The third-order valence-corrected chi connectivity index (χ3v) is 2.33. The molecule has 0 radical (unpaired) electrons. The summed E-state index contributed by atoms with van der Waals surface area (Å²) >= 11 is 5.92. The Kier molecular flexibility index (Phi) is 2.11. The lowest BCUT2D eigenvalue weighted by molar-refractivity contribution is 1.21. The van der Waals surface area contributed by atoms with Crippen LogP contribution in [0.3, 0.4) is 0 Å². The molecule has 0 amide bonds. The molecule has 1 nitrogen and oxygen atoms in total. The zero-order valence-corrected chi connectivity index (χ0v) is 8.10. The number of hydrogen-bond acceptors (Lipinski definition) is 1. The van der Waals surface area contributed by atoms with Gasteiger partial charge in [-0.2, -0.15) is 0 Å². The minimum absolute atomic E-state index is 0.779. The van der Waals surface area contributed by atoms with Crippen LogP contribution in [0, 0.1) is 0 Å². The Morgan fingerprint density at radius 3 is 3.00 bits per heavy atom. The van der Waals surface area contributed by atoms with E-state index in [9.17, 15) is 0 Å². The predicted octanol–water partition coefficient (Wildman–Crippen LogP) is 3.27. The van der Waals surface area contributed by atoms with Crippen LogP contribution < -0.4 is 5.32 Å². The lowest BCUT2D eigenvalue weighted by atomic mass is 10.0. The third kappa shape index (κ3) is 1.61. The molecule has 0 saturated heterocycles. The van der Waals surface area contributed by atoms with Crippen molar-refractivity contribution in [2.24, 2.45) is 0 Å². The summed E-state index contributed by atoms with van der Waals surface area (Å²) in [5, 5.41) is 3.86. The van der Waals surface area contributed by atoms with Crippen molar-refractivity contribution < 1.29 is 0 Å². The normalized spacial score (nSPS) is 14.2. The van der Waals surface area contributed by atoms with Crippen LogP contribution >= 0.6 is 11.6 Å². The smallest absolute Gasteiger partial charge is 0.0412 e.